The van der Waals surface area contributed by atoms with Crippen molar-refractivity contribution < 1.29 is 23.0 Å². The highest BCUT2D eigenvalue weighted by Crippen LogP contribution is 2.29. The average molecular weight is 428 g/mol. The zero-order chi connectivity index (χ0) is 21.3. The number of ether oxygens (including phenoxy) is 2. The summed E-state index contributed by atoms with van der Waals surface area (Å²) in [4.78, 5) is 11.8. The van der Waals surface area contributed by atoms with Gasteiger partial charge in [0.1, 0.15) is 11.5 Å². The van der Waals surface area contributed by atoms with Gasteiger partial charge in [-0.2, -0.15) is 16.5 Å². The molecule has 3 rings (SSSR count). The van der Waals surface area contributed by atoms with Gasteiger partial charge in [0.2, 0.25) is 0 Å². The Kier molecular flexibility index (Phi) is 7.40. The number of halogens is 2. The summed E-state index contributed by atoms with van der Waals surface area (Å²) < 4.78 is 38.9. The molecular formula is C22H18F2N2O3S. The van der Waals surface area contributed by atoms with Crippen molar-refractivity contribution >= 4 is 34.8 Å². The zero-order valence-corrected chi connectivity index (χ0v) is 16.9. The molecule has 0 unspecified atom stereocenters. The number of esters is 1. The first-order valence-electron chi connectivity index (χ1n) is 9.11. The Labute approximate surface area is 176 Å². The van der Waals surface area contributed by atoms with Gasteiger partial charge in [0.25, 0.3) is 0 Å². The molecule has 154 valence electrons. The van der Waals surface area contributed by atoms with Crippen molar-refractivity contribution in [1.82, 2.24) is 0 Å². The van der Waals surface area contributed by atoms with Crippen molar-refractivity contribution in [2.75, 3.05) is 6.61 Å². The predicted octanol–water partition coefficient (Wildman–Crippen LogP) is 6.85. The Hall–Kier alpha value is -3.39. The summed E-state index contributed by atoms with van der Waals surface area (Å²) in [6.45, 7) is 2.59. The van der Waals surface area contributed by atoms with Gasteiger partial charge in [-0.25, -0.2) is 13.6 Å². The molecule has 0 spiro atoms. The molecule has 0 aliphatic heterocycles. The molecule has 0 fully saturated rings. The van der Waals surface area contributed by atoms with Crippen LogP contribution in [-0.2, 0) is 4.79 Å². The average Bonchev–Trinajstić information content (AvgIpc) is 3.25. The Balaban J connectivity index is 1.66. The summed E-state index contributed by atoms with van der Waals surface area (Å²) in [7, 11) is 0. The molecule has 0 atom stereocenters. The summed E-state index contributed by atoms with van der Waals surface area (Å²) in [6.07, 6.45) is 3.61. The molecule has 0 aliphatic rings. The lowest BCUT2D eigenvalue weighted by atomic mass is 10.2. The minimum absolute atomic E-state index is 0.263. The van der Waals surface area contributed by atoms with Gasteiger partial charge in [-0.3, -0.25) is 0 Å². The maximum atomic E-state index is 14.3. The van der Waals surface area contributed by atoms with Crippen LogP contribution in [0.15, 0.2) is 69.5 Å². The number of nitrogens with zero attached hydrogens (tertiary/aromatic N) is 2. The third kappa shape index (κ3) is 6.05. The molecule has 1 aromatic heterocycles. The molecule has 30 heavy (non-hydrogen) atoms. The summed E-state index contributed by atoms with van der Waals surface area (Å²) in [5.41, 5.74) is 0.664. The van der Waals surface area contributed by atoms with Crippen LogP contribution in [0.25, 0.3) is 6.08 Å². The quantitative estimate of drug-likeness (QED) is 0.171. The van der Waals surface area contributed by atoms with E-state index in [0.717, 1.165) is 24.1 Å². The van der Waals surface area contributed by atoms with Crippen LogP contribution in [0.5, 0.6) is 11.5 Å². The number of benzene rings is 2. The molecule has 2 aromatic carbocycles. The van der Waals surface area contributed by atoms with Crippen LogP contribution < -0.4 is 9.47 Å². The van der Waals surface area contributed by atoms with E-state index in [9.17, 15) is 13.6 Å². The molecule has 8 heteroatoms. The second-order valence-electron chi connectivity index (χ2n) is 6.09. The Morgan fingerprint density at radius 3 is 2.43 bits per heavy atom. The third-order valence-corrected chi connectivity index (χ3v) is 4.44. The number of hydrogen-bond acceptors (Lipinski definition) is 6. The maximum absolute atomic E-state index is 14.3. The highest BCUT2D eigenvalue weighted by molar-refractivity contribution is 7.08. The highest BCUT2D eigenvalue weighted by Gasteiger charge is 2.13. The van der Waals surface area contributed by atoms with Gasteiger partial charge >= 0.3 is 5.97 Å². The Morgan fingerprint density at radius 2 is 1.80 bits per heavy atom. The highest BCUT2D eigenvalue weighted by atomic mass is 32.1. The van der Waals surface area contributed by atoms with Crippen molar-refractivity contribution in [2.45, 2.75) is 13.3 Å². The van der Waals surface area contributed by atoms with Crippen molar-refractivity contribution in [3.05, 3.63) is 76.5 Å². The molecule has 0 aliphatic carbocycles. The predicted molar refractivity (Wildman–Crippen MR) is 112 cm³/mol. The molecule has 1 heterocycles. The number of carbonyl (C=O) groups excluding carboxylic acids is 1. The molecule has 0 radical (unpaired) electrons. The normalized spacial score (nSPS) is 11.3. The van der Waals surface area contributed by atoms with Gasteiger partial charge < -0.3 is 9.47 Å². The molecule has 5 nitrogen and oxygen atoms in total. The smallest absolute Gasteiger partial charge is 0.336 e. The largest absolute Gasteiger partial charge is 0.494 e. The SMILES string of the molecule is CCCOc1ccc(N=Nc2c(F)cc(OC(=O)/C=C/c3ccsc3)cc2F)cc1. The fraction of sp³-hybridized carbons (Fsp3) is 0.136. The fourth-order valence-electron chi connectivity index (χ4n) is 2.32. The van der Waals surface area contributed by atoms with Gasteiger partial charge in [0, 0.05) is 18.2 Å². The van der Waals surface area contributed by atoms with Crippen LogP contribution in [0.1, 0.15) is 18.9 Å². The van der Waals surface area contributed by atoms with E-state index in [1.54, 1.807) is 30.3 Å². The van der Waals surface area contributed by atoms with E-state index in [4.69, 9.17) is 9.47 Å². The standard InChI is InChI=1S/C22H18F2N2O3S/c1-2-10-28-17-6-4-16(5-7-17)25-26-22-19(23)12-18(13-20(22)24)29-21(27)8-3-15-9-11-30-14-15/h3-9,11-14H,2,10H2,1H3/b8-3+,26-25?. The molecule has 0 saturated carbocycles. The Morgan fingerprint density at radius 1 is 1.07 bits per heavy atom. The van der Waals surface area contributed by atoms with Gasteiger partial charge in [0.05, 0.1) is 12.3 Å². The van der Waals surface area contributed by atoms with Crippen molar-refractivity contribution in [2.24, 2.45) is 10.2 Å². The monoisotopic (exact) mass is 428 g/mol. The second kappa shape index (κ2) is 10.4. The van der Waals surface area contributed by atoms with Crippen LogP contribution in [0.4, 0.5) is 20.2 Å². The maximum Gasteiger partial charge on any atom is 0.336 e. The lowest BCUT2D eigenvalue weighted by Gasteiger charge is -2.05. The lowest BCUT2D eigenvalue weighted by Crippen LogP contribution is -2.04. The van der Waals surface area contributed by atoms with E-state index in [1.165, 1.54) is 17.4 Å². The lowest BCUT2D eigenvalue weighted by molar-refractivity contribution is -0.128. The number of thiophene rings is 1. The van der Waals surface area contributed by atoms with E-state index in [0.29, 0.717) is 18.0 Å². The Bertz CT molecular complexity index is 1030. The van der Waals surface area contributed by atoms with Gasteiger partial charge in [0.15, 0.2) is 17.3 Å². The van der Waals surface area contributed by atoms with Crippen LogP contribution in [0.2, 0.25) is 0 Å². The molecule has 0 N–H and O–H groups in total. The first-order chi connectivity index (χ1) is 14.5. The molecular weight excluding hydrogens is 410 g/mol. The zero-order valence-electron chi connectivity index (χ0n) is 16.0. The minimum Gasteiger partial charge on any atom is -0.494 e. The second-order valence-corrected chi connectivity index (χ2v) is 6.87. The van der Waals surface area contributed by atoms with Crippen LogP contribution in [0, 0.1) is 11.6 Å². The van der Waals surface area contributed by atoms with E-state index in [1.807, 2.05) is 23.8 Å². The van der Waals surface area contributed by atoms with E-state index in [2.05, 4.69) is 10.2 Å². The van der Waals surface area contributed by atoms with Crippen LogP contribution >= 0.6 is 11.3 Å². The van der Waals surface area contributed by atoms with Gasteiger partial charge in [-0.15, -0.1) is 5.11 Å². The molecule has 0 saturated heterocycles. The van der Waals surface area contributed by atoms with E-state index < -0.39 is 23.3 Å². The van der Waals surface area contributed by atoms with Gasteiger partial charge in [-0.05, 0) is 59.2 Å². The number of hydrogen-bond donors (Lipinski definition) is 0. The van der Waals surface area contributed by atoms with Crippen molar-refractivity contribution in [3.63, 3.8) is 0 Å². The summed E-state index contributed by atoms with van der Waals surface area (Å²) in [5, 5.41) is 11.2. The molecule has 3 aromatic rings. The van der Waals surface area contributed by atoms with Crippen molar-refractivity contribution in [1.29, 1.82) is 0 Å². The number of azo groups is 1. The number of carbonyl (C=O) groups is 1. The van der Waals surface area contributed by atoms with Crippen LogP contribution in [0.3, 0.4) is 0 Å². The topological polar surface area (TPSA) is 60.3 Å². The molecule has 0 bridgehead atoms. The fourth-order valence-corrected chi connectivity index (χ4v) is 2.95. The van der Waals surface area contributed by atoms with E-state index >= 15 is 0 Å². The summed E-state index contributed by atoms with van der Waals surface area (Å²) >= 11 is 1.48. The molecule has 0 amide bonds. The van der Waals surface area contributed by atoms with Crippen LogP contribution in [-0.4, -0.2) is 12.6 Å². The number of rotatable bonds is 8. The summed E-state index contributed by atoms with van der Waals surface area (Å²) in [5.74, 6) is -2.33. The van der Waals surface area contributed by atoms with E-state index in [-0.39, 0.29) is 5.75 Å². The minimum atomic E-state index is -0.994. The summed E-state index contributed by atoms with van der Waals surface area (Å²) in [6, 6.07) is 10.2. The first-order valence-corrected chi connectivity index (χ1v) is 10.0. The first kappa shape index (κ1) is 21.3. The third-order valence-electron chi connectivity index (χ3n) is 3.74. The van der Waals surface area contributed by atoms with Gasteiger partial charge in [-0.1, -0.05) is 6.92 Å². The van der Waals surface area contributed by atoms with Crippen molar-refractivity contribution in [3.8, 4) is 11.5 Å².